The summed E-state index contributed by atoms with van der Waals surface area (Å²) >= 11 is 6.33. The predicted molar refractivity (Wildman–Crippen MR) is 222 cm³/mol. The Labute approximate surface area is 335 Å². The molecule has 1 aliphatic carbocycles. The molecule has 0 radical (unpaired) electrons. The molecule has 4 aromatic rings. The maximum Gasteiger partial charge on any atom is 0.410 e. The van der Waals surface area contributed by atoms with Gasteiger partial charge in [0.05, 0.1) is 13.3 Å². The lowest BCUT2D eigenvalue weighted by Gasteiger charge is -2.42. The van der Waals surface area contributed by atoms with Gasteiger partial charge in [-0.2, -0.15) is 0 Å². The fourth-order valence-electron chi connectivity index (χ4n) is 8.38. The van der Waals surface area contributed by atoms with Crippen molar-refractivity contribution in [2.24, 2.45) is 5.41 Å². The van der Waals surface area contributed by atoms with Gasteiger partial charge >= 0.3 is 12.1 Å². The number of aromatic amines is 1. The zero-order chi connectivity index (χ0) is 39.5. The smallest absolute Gasteiger partial charge is 0.410 e. The number of hydrogen-bond acceptors (Lipinski definition) is 9. The lowest BCUT2D eigenvalue weighted by molar-refractivity contribution is 0.0255. The number of hydrogen-bond donors (Lipinski definition) is 1. The van der Waals surface area contributed by atoms with Gasteiger partial charge in [0.15, 0.2) is 0 Å². The molecule has 0 bridgehead atoms. The molecule has 56 heavy (non-hydrogen) atoms. The van der Waals surface area contributed by atoms with Gasteiger partial charge in [-0.05, 0) is 106 Å². The number of rotatable bonds is 9. The van der Waals surface area contributed by atoms with Crippen LogP contribution in [0.25, 0.3) is 16.6 Å². The number of H-pyrrole nitrogens is 1. The van der Waals surface area contributed by atoms with Crippen LogP contribution in [0.3, 0.4) is 0 Å². The Bertz CT molecular complexity index is 2050. The average Bonchev–Trinajstić information content (AvgIpc) is 3.51. The van der Waals surface area contributed by atoms with Crippen molar-refractivity contribution in [3.8, 4) is 11.5 Å². The van der Waals surface area contributed by atoms with Crippen molar-refractivity contribution in [2.75, 3.05) is 77.5 Å². The summed E-state index contributed by atoms with van der Waals surface area (Å²) in [5.74, 6) is 0.539. The van der Waals surface area contributed by atoms with Crippen molar-refractivity contribution in [2.45, 2.75) is 59.0 Å². The molecule has 2 aromatic heterocycles. The molecular formula is C44H55ClN6O5. The van der Waals surface area contributed by atoms with E-state index < -0.39 is 11.6 Å². The van der Waals surface area contributed by atoms with Crippen LogP contribution in [0.1, 0.15) is 69.3 Å². The number of carbonyl (C=O) groups excluding carboxylic acids is 2. The molecule has 4 heterocycles. The number of nitrogens with one attached hydrogen (secondary N) is 1. The summed E-state index contributed by atoms with van der Waals surface area (Å²) in [6, 6.07) is 17.9. The predicted octanol–water partition coefficient (Wildman–Crippen LogP) is 8.50. The van der Waals surface area contributed by atoms with Gasteiger partial charge < -0.3 is 33.9 Å². The van der Waals surface area contributed by atoms with Crippen molar-refractivity contribution in [1.82, 2.24) is 24.7 Å². The highest BCUT2D eigenvalue weighted by atomic mass is 35.5. The molecule has 2 fully saturated rings. The number of amides is 1. The minimum atomic E-state index is -0.497. The standard InChI is InChI=1S/C44H55ClN6O5/c1-43(2,3)56-42(53)51-18-6-17-49(21-24-51)30-44(4)15-13-37(31-7-9-34(45)10-8-31)33(27-44)29-48-19-22-50(23-20-48)35-11-12-38(41(52)54-5)39(26-35)55-36-25-32-14-16-46-40(32)47-28-36/h7-12,14,16,25-26,28H,6,13,15,17-24,27,29-30H2,1-5H3,(H,46,47)/t44-/m1/s1. The summed E-state index contributed by atoms with van der Waals surface area (Å²) in [5.41, 5.74) is 5.97. The van der Waals surface area contributed by atoms with Crippen LogP contribution in [0.4, 0.5) is 10.5 Å². The van der Waals surface area contributed by atoms with E-state index in [-0.39, 0.29) is 11.5 Å². The van der Waals surface area contributed by atoms with E-state index in [0.29, 0.717) is 23.6 Å². The molecule has 3 aliphatic rings. The Morgan fingerprint density at radius 1 is 0.929 bits per heavy atom. The highest BCUT2D eigenvalue weighted by molar-refractivity contribution is 6.30. The quantitative estimate of drug-likeness (QED) is 0.168. The first-order chi connectivity index (χ1) is 26.8. The monoisotopic (exact) mass is 782 g/mol. The van der Waals surface area contributed by atoms with Crippen molar-refractivity contribution in [3.05, 3.63) is 88.7 Å². The third-order valence-corrected chi connectivity index (χ3v) is 11.5. The van der Waals surface area contributed by atoms with Gasteiger partial charge in [0.2, 0.25) is 0 Å². The number of esters is 1. The molecule has 2 aromatic carbocycles. The molecule has 11 nitrogen and oxygen atoms in total. The second-order valence-electron chi connectivity index (χ2n) is 16.8. The molecule has 2 saturated heterocycles. The Kier molecular flexibility index (Phi) is 11.9. The van der Waals surface area contributed by atoms with Gasteiger partial charge in [0.1, 0.15) is 28.3 Å². The Morgan fingerprint density at radius 3 is 2.45 bits per heavy atom. The van der Waals surface area contributed by atoms with Gasteiger partial charge in [0.25, 0.3) is 0 Å². The van der Waals surface area contributed by atoms with E-state index in [9.17, 15) is 9.59 Å². The maximum absolute atomic E-state index is 12.8. The number of ether oxygens (including phenoxy) is 3. The molecule has 0 spiro atoms. The molecule has 298 valence electrons. The number of nitrogens with zero attached hydrogens (tertiary/aromatic N) is 5. The number of halogens is 1. The summed E-state index contributed by atoms with van der Waals surface area (Å²) in [7, 11) is 1.38. The fraction of sp³-hybridized carbons (Fsp3) is 0.477. The first-order valence-electron chi connectivity index (χ1n) is 19.8. The van der Waals surface area contributed by atoms with Crippen LogP contribution in [0.5, 0.6) is 11.5 Å². The number of benzene rings is 2. The summed E-state index contributed by atoms with van der Waals surface area (Å²) in [6.45, 7) is 16.9. The van der Waals surface area contributed by atoms with Gasteiger partial charge in [-0.25, -0.2) is 14.6 Å². The molecule has 2 aliphatic heterocycles. The highest BCUT2D eigenvalue weighted by Crippen LogP contribution is 2.44. The van der Waals surface area contributed by atoms with Crippen LogP contribution < -0.4 is 9.64 Å². The number of methoxy groups -OCH3 is 1. The van der Waals surface area contributed by atoms with E-state index in [1.807, 2.05) is 68.3 Å². The van der Waals surface area contributed by atoms with Crippen molar-refractivity contribution >= 4 is 46.0 Å². The molecule has 0 saturated carbocycles. The lowest BCUT2D eigenvalue weighted by Crippen LogP contribution is -2.47. The third kappa shape index (κ3) is 9.68. The SMILES string of the molecule is COC(=O)c1ccc(N2CCN(CC3=C(c4ccc(Cl)cc4)CC[C@@](C)(CN4CCCN(C(=O)OC(C)(C)C)CC4)C3)CC2)cc1Oc1cnc2[nH]ccc2c1. The van der Waals surface area contributed by atoms with E-state index in [4.69, 9.17) is 25.8 Å². The molecule has 1 atom stereocenters. The van der Waals surface area contributed by atoms with Crippen LogP contribution in [0.15, 0.2) is 72.6 Å². The number of allylic oxidation sites excluding steroid dienone is 1. The summed E-state index contributed by atoms with van der Waals surface area (Å²) in [4.78, 5) is 42.5. The normalized spacial score (nSPS) is 20.2. The minimum Gasteiger partial charge on any atom is -0.465 e. The third-order valence-electron chi connectivity index (χ3n) is 11.2. The number of pyridine rings is 1. The average molecular weight is 783 g/mol. The number of carbonyl (C=O) groups is 2. The summed E-state index contributed by atoms with van der Waals surface area (Å²) in [6.07, 6.45) is 7.38. The summed E-state index contributed by atoms with van der Waals surface area (Å²) in [5, 5.41) is 1.68. The van der Waals surface area contributed by atoms with E-state index in [1.54, 1.807) is 12.3 Å². The molecule has 1 amide bonds. The molecule has 7 rings (SSSR count). The first kappa shape index (κ1) is 39.6. The van der Waals surface area contributed by atoms with Gasteiger partial charge in [-0.3, -0.25) is 4.90 Å². The number of anilines is 1. The first-order valence-corrected chi connectivity index (χ1v) is 20.2. The highest BCUT2D eigenvalue weighted by Gasteiger charge is 2.35. The van der Waals surface area contributed by atoms with E-state index >= 15 is 0 Å². The zero-order valence-electron chi connectivity index (χ0n) is 33.4. The second-order valence-corrected chi connectivity index (χ2v) is 17.2. The van der Waals surface area contributed by atoms with E-state index in [0.717, 1.165) is 106 Å². The van der Waals surface area contributed by atoms with Gasteiger partial charge in [-0.15, -0.1) is 0 Å². The topological polar surface area (TPSA) is 103 Å². The van der Waals surface area contributed by atoms with Crippen LogP contribution >= 0.6 is 11.6 Å². The molecular weight excluding hydrogens is 728 g/mol. The molecule has 1 N–H and O–H groups in total. The largest absolute Gasteiger partial charge is 0.465 e. The van der Waals surface area contributed by atoms with Crippen molar-refractivity contribution in [1.29, 1.82) is 0 Å². The number of piperazine rings is 1. The zero-order valence-corrected chi connectivity index (χ0v) is 34.2. The number of fused-ring (bicyclic) bond motifs is 1. The maximum atomic E-state index is 12.8. The Hall–Kier alpha value is -4.58. The van der Waals surface area contributed by atoms with Crippen LogP contribution in [0.2, 0.25) is 5.02 Å². The lowest BCUT2D eigenvalue weighted by atomic mass is 9.71. The fourth-order valence-corrected chi connectivity index (χ4v) is 8.51. The Balaban J connectivity index is 1.03. The van der Waals surface area contributed by atoms with Crippen LogP contribution in [-0.2, 0) is 9.47 Å². The van der Waals surface area contributed by atoms with Crippen LogP contribution in [-0.4, -0.2) is 115 Å². The van der Waals surface area contributed by atoms with Gasteiger partial charge in [0, 0.05) is 87.3 Å². The molecule has 0 unspecified atom stereocenters. The van der Waals surface area contributed by atoms with Crippen molar-refractivity contribution < 1.29 is 23.8 Å². The van der Waals surface area contributed by atoms with Crippen LogP contribution in [0, 0.1) is 5.41 Å². The Morgan fingerprint density at radius 2 is 1.70 bits per heavy atom. The van der Waals surface area contributed by atoms with Crippen molar-refractivity contribution in [3.63, 3.8) is 0 Å². The van der Waals surface area contributed by atoms with E-state index in [1.165, 1.54) is 23.8 Å². The number of aromatic nitrogens is 2. The minimum absolute atomic E-state index is 0.118. The molecule has 12 heteroatoms. The van der Waals surface area contributed by atoms with E-state index in [2.05, 4.69) is 43.7 Å². The summed E-state index contributed by atoms with van der Waals surface area (Å²) < 4.78 is 17.1. The second kappa shape index (κ2) is 16.9. The van der Waals surface area contributed by atoms with Gasteiger partial charge in [-0.1, -0.05) is 36.2 Å².